The molecule has 0 saturated heterocycles. The first-order valence-electron chi connectivity index (χ1n) is 5.93. The average Bonchev–Trinajstić information content (AvgIpc) is 2.31. The van der Waals surface area contributed by atoms with Gasteiger partial charge >= 0.3 is 6.18 Å². The van der Waals surface area contributed by atoms with Crippen LogP contribution in [0, 0.1) is 12.7 Å². The van der Waals surface area contributed by atoms with Gasteiger partial charge in [0.1, 0.15) is 12.5 Å². The molecular formula is C13H16F5N. The van der Waals surface area contributed by atoms with Crippen LogP contribution in [0.2, 0.25) is 0 Å². The Morgan fingerprint density at radius 2 is 1.89 bits per heavy atom. The van der Waals surface area contributed by atoms with Gasteiger partial charge in [-0.1, -0.05) is 6.07 Å². The van der Waals surface area contributed by atoms with Crippen LogP contribution in [0.1, 0.15) is 29.5 Å². The lowest BCUT2D eigenvalue weighted by Crippen LogP contribution is -2.22. The van der Waals surface area contributed by atoms with Gasteiger partial charge in [0, 0.05) is 6.04 Å². The highest BCUT2D eigenvalue weighted by molar-refractivity contribution is 5.33. The van der Waals surface area contributed by atoms with Crippen molar-refractivity contribution in [2.75, 3.05) is 6.67 Å². The fourth-order valence-electron chi connectivity index (χ4n) is 1.84. The minimum absolute atomic E-state index is 0.0420. The van der Waals surface area contributed by atoms with Crippen molar-refractivity contribution in [2.45, 2.75) is 38.4 Å². The molecule has 0 aliphatic heterocycles. The monoisotopic (exact) mass is 281 g/mol. The van der Waals surface area contributed by atoms with Gasteiger partial charge in [-0.3, -0.25) is 0 Å². The van der Waals surface area contributed by atoms with Crippen molar-refractivity contribution >= 4 is 0 Å². The summed E-state index contributed by atoms with van der Waals surface area (Å²) in [5, 5.41) is 0. The molecule has 6 heteroatoms. The van der Waals surface area contributed by atoms with Crippen molar-refractivity contribution in [2.24, 2.45) is 5.73 Å². The molecule has 108 valence electrons. The van der Waals surface area contributed by atoms with Crippen LogP contribution in [-0.4, -0.2) is 12.7 Å². The van der Waals surface area contributed by atoms with Crippen molar-refractivity contribution in [3.05, 3.63) is 34.6 Å². The predicted octanol–water partition coefficient (Wildman–Crippen LogP) is 3.77. The van der Waals surface area contributed by atoms with Crippen LogP contribution in [-0.2, 0) is 12.6 Å². The molecule has 0 spiro atoms. The molecule has 0 aromatic heterocycles. The fourth-order valence-corrected chi connectivity index (χ4v) is 1.84. The van der Waals surface area contributed by atoms with Crippen LogP contribution < -0.4 is 5.73 Å². The molecule has 0 saturated carbocycles. The number of alkyl halides is 4. The molecule has 0 amide bonds. The van der Waals surface area contributed by atoms with E-state index >= 15 is 0 Å². The standard InChI is InChI=1S/C13H16F5N/c1-8-5-9(3-2-4-10(19)7-14)6-11(12(8)15)13(16,17)18/h5-6,10H,2-4,7,19H2,1H3. The van der Waals surface area contributed by atoms with Crippen LogP contribution in [0.4, 0.5) is 22.0 Å². The molecule has 1 aromatic carbocycles. The zero-order chi connectivity index (χ0) is 14.6. The Morgan fingerprint density at radius 3 is 2.42 bits per heavy atom. The van der Waals surface area contributed by atoms with E-state index in [1.807, 2.05) is 0 Å². The Morgan fingerprint density at radius 1 is 1.26 bits per heavy atom. The lowest BCUT2D eigenvalue weighted by molar-refractivity contribution is -0.140. The third-order valence-electron chi connectivity index (χ3n) is 2.86. The van der Waals surface area contributed by atoms with Crippen molar-refractivity contribution in [1.29, 1.82) is 0 Å². The van der Waals surface area contributed by atoms with Gasteiger partial charge in [0.15, 0.2) is 0 Å². The average molecular weight is 281 g/mol. The Bertz CT molecular complexity index is 428. The van der Waals surface area contributed by atoms with Gasteiger partial charge in [-0.25, -0.2) is 8.78 Å². The second kappa shape index (κ2) is 6.32. The summed E-state index contributed by atoms with van der Waals surface area (Å²) in [5.41, 5.74) is 4.47. The van der Waals surface area contributed by atoms with Gasteiger partial charge in [-0.2, -0.15) is 13.2 Å². The molecule has 0 fully saturated rings. The van der Waals surface area contributed by atoms with Crippen LogP contribution in [0.15, 0.2) is 12.1 Å². The topological polar surface area (TPSA) is 26.0 Å². The highest BCUT2D eigenvalue weighted by Gasteiger charge is 2.34. The summed E-state index contributed by atoms with van der Waals surface area (Å²) >= 11 is 0. The van der Waals surface area contributed by atoms with E-state index in [-0.39, 0.29) is 5.56 Å². The second-order valence-electron chi connectivity index (χ2n) is 4.58. The van der Waals surface area contributed by atoms with Crippen molar-refractivity contribution in [3.63, 3.8) is 0 Å². The molecule has 1 atom stereocenters. The Labute approximate surface area is 108 Å². The maximum atomic E-state index is 13.4. The lowest BCUT2D eigenvalue weighted by atomic mass is 10.00. The molecule has 1 rings (SSSR count). The molecule has 0 bridgehead atoms. The molecule has 1 unspecified atom stereocenters. The summed E-state index contributed by atoms with van der Waals surface area (Å²) in [5.74, 6) is -1.24. The molecule has 2 N–H and O–H groups in total. The summed E-state index contributed by atoms with van der Waals surface area (Å²) in [4.78, 5) is 0. The number of hydrogen-bond acceptors (Lipinski definition) is 1. The summed E-state index contributed by atoms with van der Waals surface area (Å²) in [6.07, 6.45) is -3.54. The van der Waals surface area contributed by atoms with Crippen molar-refractivity contribution in [3.8, 4) is 0 Å². The normalized spacial score (nSPS) is 13.6. The molecule has 0 aliphatic rings. The van der Waals surface area contributed by atoms with E-state index in [9.17, 15) is 22.0 Å². The molecule has 1 aromatic rings. The summed E-state index contributed by atoms with van der Waals surface area (Å²) in [7, 11) is 0. The Balaban J connectivity index is 2.83. The Kier molecular flexibility index (Phi) is 5.29. The van der Waals surface area contributed by atoms with E-state index in [1.165, 1.54) is 13.0 Å². The lowest BCUT2D eigenvalue weighted by Gasteiger charge is -2.13. The third-order valence-corrected chi connectivity index (χ3v) is 2.86. The van der Waals surface area contributed by atoms with Gasteiger partial charge in [-0.05, 0) is 43.4 Å². The van der Waals surface area contributed by atoms with E-state index in [0.29, 0.717) is 24.8 Å². The molecule has 0 radical (unpaired) electrons. The van der Waals surface area contributed by atoms with E-state index < -0.39 is 30.3 Å². The van der Waals surface area contributed by atoms with Crippen molar-refractivity contribution in [1.82, 2.24) is 0 Å². The number of benzene rings is 1. The largest absolute Gasteiger partial charge is 0.419 e. The highest BCUT2D eigenvalue weighted by Crippen LogP contribution is 2.33. The number of halogens is 5. The van der Waals surface area contributed by atoms with Crippen LogP contribution in [0.5, 0.6) is 0 Å². The van der Waals surface area contributed by atoms with Gasteiger partial charge in [0.05, 0.1) is 5.56 Å². The molecular weight excluding hydrogens is 265 g/mol. The maximum absolute atomic E-state index is 13.4. The maximum Gasteiger partial charge on any atom is 0.419 e. The van der Waals surface area contributed by atoms with E-state index in [2.05, 4.69) is 0 Å². The molecule has 0 aliphatic carbocycles. The minimum atomic E-state index is -4.71. The number of rotatable bonds is 5. The van der Waals surface area contributed by atoms with Gasteiger partial charge in [-0.15, -0.1) is 0 Å². The summed E-state index contributed by atoms with van der Waals surface area (Å²) in [6, 6.07) is 1.60. The first-order chi connectivity index (χ1) is 8.75. The van der Waals surface area contributed by atoms with Gasteiger partial charge < -0.3 is 5.73 Å². The third kappa shape index (κ3) is 4.45. The first-order valence-corrected chi connectivity index (χ1v) is 5.93. The SMILES string of the molecule is Cc1cc(CCCC(N)CF)cc(C(F)(F)F)c1F. The molecule has 1 nitrogen and oxygen atoms in total. The number of nitrogens with two attached hydrogens (primary N) is 1. The summed E-state index contributed by atoms with van der Waals surface area (Å²) in [6.45, 7) is 0.637. The minimum Gasteiger partial charge on any atom is -0.325 e. The van der Waals surface area contributed by atoms with Crippen LogP contribution >= 0.6 is 0 Å². The number of aryl methyl sites for hydroxylation is 2. The predicted molar refractivity (Wildman–Crippen MR) is 63.0 cm³/mol. The highest BCUT2D eigenvalue weighted by atomic mass is 19.4. The van der Waals surface area contributed by atoms with Crippen molar-refractivity contribution < 1.29 is 22.0 Å². The second-order valence-corrected chi connectivity index (χ2v) is 4.58. The van der Waals surface area contributed by atoms with Crippen LogP contribution in [0.25, 0.3) is 0 Å². The molecule has 0 heterocycles. The zero-order valence-corrected chi connectivity index (χ0v) is 10.5. The van der Waals surface area contributed by atoms with E-state index in [1.54, 1.807) is 0 Å². The zero-order valence-electron chi connectivity index (χ0n) is 10.5. The Hall–Kier alpha value is -1.17. The molecule has 19 heavy (non-hydrogen) atoms. The number of hydrogen-bond donors (Lipinski definition) is 1. The fraction of sp³-hybridized carbons (Fsp3) is 0.538. The first kappa shape index (κ1) is 15.9. The quantitative estimate of drug-likeness (QED) is 0.817. The summed E-state index contributed by atoms with van der Waals surface area (Å²) < 4.78 is 63.3. The van der Waals surface area contributed by atoms with Gasteiger partial charge in [0.2, 0.25) is 0 Å². The van der Waals surface area contributed by atoms with Gasteiger partial charge in [0.25, 0.3) is 0 Å². The van der Waals surface area contributed by atoms with E-state index in [4.69, 9.17) is 5.73 Å². The van der Waals surface area contributed by atoms with E-state index in [0.717, 1.165) is 6.07 Å². The smallest absolute Gasteiger partial charge is 0.325 e. The van der Waals surface area contributed by atoms with Crippen LogP contribution in [0.3, 0.4) is 0 Å².